The van der Waals surface area contributed by atoms with Crippen LogP contribution in [-0.2, 0) is 12.0 Å². The summed E-state index contributed by atoms with van der Waals surface area (Å²) in [6.45, 7) is 0. The smallest absolute Gasteiger partial charge is 0.0459 e. The van der Waals surface area contributed by atoms with Gasteiger partial charge in [-0.3, -0.25) is 0 Å². The summed E-state index contributed by atoms with van der Waals surface area (Å²) in [5, 5.41) is 0. The Morgan fingerprint density at radius 2 is 2.21 bits per heavy atom. The van der Waals surface area contributed by atoms with Crippen molar-refractivity contribution >= 4 is 11.8 Å². The number of fused-ring (bicyclic) bond motifs is 3. The van der Waals surface area contributed by atoms with E-state index >= 15 is 0 Å². The zero-order chi connectivity index (χ0) is 9.60. The Balaban J connectivity index is 2.10. The van der Waals surface area contributed by atoms with E-state index in [1.165, 1.54) is 29.1 Å². The van der Waals surface area contributed by atoms with Gasteiger partial charge in [-0.05, 0) is 41.4 Å². The monoisotopic (exact) mass is 205 g/mol. The Kier molecular flexibility index (Phi) is 1.89. The van der Waals surface area contributed by atoms with Crippen LogP contribution in [0.2, 0.25) is 0 Å². The number of nitrogens with two attached hydrogens (primary N) is 1. The van der Waals surface area contributed by atoms with Gasteiger partial charge in [0, 0.05) is 5.54 Å². The lowest BCUT2D eigenvalue weighted by atomic mass is 9.83. The molecule has 0 radical (unpaired) electrons. The zero-order valence-electron chi connectivity index (χ0n) is 8.20. The van der Waals surface area contributed by atoms with Crippen molar-refractivity contribution in [1.29, 1.82) is 0 Å². The summed E-state index contributed by atoms with van der Waals surface area (Å²) in [6, 6.07) is 8.72. The van der Waals surface area contributed by atoms with Crippen LogP contribution in [0.1, 0.15) is 17.5 Å². The van der Waals surface area contributed by atoms with Crippen LogP contribution in [0.3, 0.4) is 0 Å². The molecule has 2 unspecified atom stereocenters. The maximum Gasteiger partial charge on any atom is 0.0459 e. The molecular formula is C12H15NS. The van der Waals surface area contributed by atoms with E-state index in [-0.39, 0.29) is 5.54 Å². The van der Waals surface area contributed by atoms with Crippen LogP contribution in [0.25, 0.3) is 0 Å². The summed E-state index contributed by atoms with van der Waals surface area (Å²) in [5.41, 5.74) is 9.47. The van der Waals surface area contributed by atoms with E-state index in [1.54, 1.807) is 0 Å². The first-order chi connectivity index (χ1) is 6.81. The first-order valence-electron chi connectivity index (χ1n) is 5.26. The minimum absolute atomic E-state index is 0.00183. The molecule has 2 atom stereocenters. The highest BCUT2D eigenvalue weighted by Crippen LogP contribution is 2.46. The lowest BCUT2D eigenvalue weighted by molar-refractivity contribution is 0.313. The molecule has 1 aromatic rings. The van der Waals surface area contributed by atoms with Crippen molar-refractivity contribution in [2.45, 2.75) is 18.4 Å². The van der Waals surface area contributed by atoms with Crippen LogP contribution in [0.4, 0.5) is 0 Å². The topological polar surface area (TPSA) is 26.0 Å². The van der Waals surface area contributed by atoms with Crippen LogP contribution >= 0.6 is 11.8 Å². The molecule has 1 nitrogen and oxygen atoms in total. The highest BCUT2D eigenvalue weighted by atomic mass is 32.2. The van der Waals surface area contributed by atoms with Crippen LogP contribution in [-0.4, -0.2) is 11.5 Å². The van der Waals surface area contributed by atoms with Crippen molar-refractivity contribution in [2.75, 3.05) is 11.5 Å². The minimum atomic E-state index is 0.00183. The quantitative estimate of drug-likeness (QED) is 0.702. The van der Waals surface area contributed by atoms with Crippen LogP contribution in [0.15, 0.2) is 24.3 Å². The molecule has 0 saturated carbocycles. The van der Waals surface area contributed by atoms with Crippen molar-refractivity contribution in [2.24, 2.45) is 11.7 Å². The molecule has 0 amide bonds. The third kappa shape index (κ3) is 1.07. The standard InChI is InChI=1S/C12H15NS/c13-12-5-6-14-8-10(12)7-9-3-1-2-4-11(9)12/h1-4,10H,5-8,13H2. The average molecular weight is 205 g/mol. The van der Waals surface area contributed by atoms with Gasteiger partial charge in [0.1, 0.15) is 0 Å². The van der Waals surface area contributed by atoms with E-state index in [4.69, 9.17) is 5.73 Å². The summed E-state index contributed by atoms with van der Waals surface area (Å²) >= 11 is 2.06. The third-order valence-corrected chi connectivity index (χ3v) is 4.82. The maximum absolute atomic E-state index is 6.56. The molecule has 0 bridgehead atoms. The molecule has 2 aliphatic rings. The van der Waals surface area contributed by atoms with Gasteiger partial charge in [-0.1, -0.05) is 24.3 Å². The van der Waals surface area contributed by atoms with E-state index in [1.807, 2.05) is 0 Å². The van der Waals surface area contributed by atoms with Crippen molar-refractivity contribution in [3.8, 4) is 0 Å². The molecular weight excluding hydrogens is 190 g/mol. The summed E-state index contributed by atoms with van der Waals surface area (Å²) in [6.07, 6.45) is 2.35. The Hall–Kier alpha value is -0.470. The third-order valence-electron chi connectivity index (χ3n) is 3.69. The summed E-state index contributed by atoms with van der Waals surface area (Å²) in [5.74, 6) is 3.14. The fourth-order valence-electron chi connectivity index (χ4n) is 2.83. The van der Waals surface area contributed by atoms with Gasteiger partial charge in [-0.25, -0.2) is 0 Å². The van der Waals surface area contributed by atoms with Gasteiger partial charge in [0.25, 0.3) is 0 Å². The Labute approximate surface area is 89.1 Å². The SMILES string of the molecule is NC12CCSCC1Cc1ccccc12. The van der Waals surface area contributed by atoms with Gasteiger partial charge in [0.15, 0.2) is 0 Å². The normalized spacial score (nSPS) is 35.1. The van der Waals surface area contributed by atoms with E-state index in [2.05, 4.69) is 36.0 Å². The molecule has 0 spiro atoms. The van der Waals surface area contributed by atoms with Crippen molar-refractivity contribution < 1.29 is 0 Å². The molecule has 1 aliphatic heterocycles. The lowest BCUT2D eigenvalue weighted by Gasteiger charge is -2.36. The van der Waals surface area contributed by atoms with Gasteiger partial charge >= 0.3 is 0 Å². The van der Waals surface area contributed by atoms with Crippen LogP contribution < -0.4 is 5.73 Å². The van der Waals surface area contributed by atoms with Gasteiger partial charge < -0.3 is 5.73 Å². The first-order valence-corrected chi connectivity index (χ1v) is 6.41. The molecule has 0 aromatic heterocycles. The molecule has 2 heteroatoms. The maximum atomic E-state index is 6.56. The van der Waals surface area contributed by atoms with Gasteiger partial charge in [0.05, 0.1) is 0 Å². The molecule has 1 heterocycles. The highest BCUT2D eigenvalue weighted by molar-refractivity contribution is 7.99. The predicted octanol–water partition coefficient (Wildman–Crippen LogP) is 2.15. The molecule has 1 aliphatic carbocycles. The number of hydrogen-bond donors (Lipinski definition) is 1. The summed E-state index contributed by atoms with van der Waals surface area (Å²) in [7, 11) is 0. The zero-order valence-corrected chi connectivity index (χ0v) is 9.02. The summed E-state index contributed by atoms with van der Waals surface area (Å²) < 4.78 is 0. The van der Waals surface area contributed by atoms with Crippen LogP contribution in [0.5, 0.6) is 0 Å². The highest BCUT2D eigenvalue weighted by Gasteiger charge is 2.44. The van der Waals surface area contributed by atoms with Crippen LogP contribution in [0, 0.1) is 5.92 Å². The summed E-state index contributed by atoms with van der Waals surface area (Å²) in [4.78, 5) is 0. The second kappa shape index (κ2) is 3.01. The van der Waals surface area contributed by atoms with Crippen molar-refractivity contribution in [1.82, 2.24) is 0 Å². The first kappa shape index (κ1) is 8.81. The number of hydrogen-bond acceptors (Lipinski definition) is 2. The molecule has 14 heavy (non-hydrogen) atoms. The second-order valence-electron chi connectivity index (χ2n) is 4.42. The predicted molar refractivity (Wildman–Crippen MR) is 61.4 cm³/mol. The fourth-order valence-corrected chi connectivity index (χ4v) is 4.18. The molecule has 74 valence electrons. The van der Waals surface area contributed by atoms with E-state index in [0.717, 1.165) is 6.42 Å². The van der Waals surface area contributed by atoms with Gasteiger partial charge in [-0.2, -0.15) is 11.8 Å². The van der Waals surface area contributed by atoms with E-state index in [0.29, 0.717) is 5.92 Å². The second-order valence-corrected chi connectivity index (χ2v) is 5.57. The average Bonchev–Trinajstić information content (AvgIpc) is 2.51. The minimum Gasteiger partial charge on any atom is -0.321 e. The number of rotatable bonds is 0. The van der Waals surface area contributed by atoms with Crippen molar-refractivity contribution in [3.63, 3.8) is 0 Å². The lowest BCUT2D eigenvalue weighted by Crippen LogP contribution is -2.45. The molecule has 1 fully saturated rings. The molecule has 3 rings (SSSR count). The Morgan fingerprint density at radius 3 is 3.14 bits per heavy atom. The molecule has 1 saturated heterocycles. The van der Waals surface area contributed by atoms with Crippen molar-refractivity contribution in [3.05, 3.63) is 35.4 Å². The van der Waals surface area contributed by atoms with Gasteiger partial charge in [0.2, 0.25) is 0 Å². The Morgan fingerprint density at radius 1 is 1.36 bits per heavy atom. The number of thioether (sulfide) groups is 1. The molecule has 1 aromatic carbocycles. The Bertz CT molecular complexity index is 363. The largest absolute Gasteiger partial charge is 0.321 e. The van der Waals surface area contributed by atoms with Gasteiger partial charge in [-0.15, -0.1) is 0 Å². The van der Waals surface area contributed by atoms with E-state index in [9.17, 15) is 0 Å². The molecule has 2 N–H and O–H groups in total. The number of benzene rings is 1. The fraction of sp³-hybridized carbons (Fsp3) is 0.500. The van der Waals surface area contributed by atoms with E-state index < -0.39 is 0 Å².